The molecule has 0 saturated heterocycles. The Morgan fingerprint density at radius 3 is 2.80 bits per heavy atom. The van der Waals surface area contributed by atoms with Gasteiger partial charge in [0, 0.05) is 25.0 Å². The second kappa shape index (κ2) is 5.00. The summed E-state index contributed by atoms with van der Waals surface area (Å²) < 4.78 is 27.4. The summed E-state index contributed by atoms with van der Waals surface area (Å²) >= 11 is 1.62. The van der Waals surface area contributed by atoms with E-state index in [1.54, 1.807) is 18.8 Å². The van der Waals surface area contributed by atoms with Gasteiger partial charge in [0.15, 0.2) is 0 Å². The number of sulfonamides is 1. The molecule has 1 aromatic heterocycles. The molecule has 0 aliphatic rings. The zero-order chi connectivity index (χ0) is 11.5. The SMILES string of the molecule is CSC(C)CNS(=O)(=O)c1cnn(C)c1. The van der Waals surface area contributed by atoms with Crippen molar-refractivity contribution in [3.8, 4) is 0 Å². The zero-order valence-electron chi connectivity index (χ0n) is 8.97. The standard InChI is InChI=1S/C8H15N3O2S2/c1-7(14-3)4-10-15(12,13)8-5-9-11(2)6-8/h5-7,10H,4H2,1-3H3. The largest absolute Gasteiger partial charge is 0.274 e. The van der Waals surface area contributed by atoms with E-state index in [-0.39, 0.29) is 10.1 Å². The van der Waals surface area contributed by atoms with Gasteiger partial charge in [-0.2, -0.15) is 16.9 Å². The zero-order valence-corrected chi connectivity index (χ0v) is 10.6. The molecule has 0 saturated carbocycles. The predicted octanol–water partition coefficient (Wildman–Crippen LogP) is 0.450. The lowest BCUT2D eigenvalue weighted by molar-refractivity contribution is 0.581. The molecule has 7 heteroatoms. The summed E-state index contributed by atoms with van der Waals surface area (Å²) in [6, 6.07) is 0. The van der Waals surface area contributed by atoms with Crippen molar-refractivity contribution in [2.45, 2.75) is 17.1 Å². The van der Waals surface area contributed by atoms with Gasteiger partial charge in [-0.15, -0.1) is 0 Å². The molecule has 0 radical (unpaired) electrons. The second-order valence-electron chi connectivity index (χ2n) is 3.25. The van der Waals surface area contributed by atoms with Crippen LogP contribution < -0.4 is 4.72 Å². The topological polar surface area (TPSA) is 64.0 Å². The normalized spacial score (nSPS) is 14.1. The van der Waals surface area contributed by atoms with E-state index in [4.69, 9.17) is 0 Å². The number of nitrogens with zero attached hydrogens (tertiary/aromatic N) is 2. The average molecular weight is 249 g/mol. The Morgan fingerprint density at radius 1 is 1.67 bits per heavy atom. The van der Waals surface area contributed by atoms with Crippen LogP contribution in [0.3, 0.4) is 0 Å². The summed E-state index contributed by atoms with van der Waals surface area (Å²) in [6.45, 7) is 2.40. The molecule has 1 aromatic rings. The number of aryl methyl sites for hydroxylation is 1. The first-order chi connectivity index (χ1) is 6.95. The van der Waals surface area contributed by atoms with Gasteiger partial charge < -0.3 is 0 Å². The van der Waals surface area contributed by atoms with E-state index in [0.717, 1.165) is 0 Å². The number of rotatable bonds is 5. The van der Waals surface area contributed by atoms with Crippen LogP contribution >= 0.6 is 11.8 Å². The highest BCUT2D eigenvalue weighted by atomic mass is 32.2. The monoisotopic (exact) mass is 249 g/mol. The van der Waals surface area contributed by atoms with Crippen LogP contribution in [0.15, 0.2) is 17.3 Å². The van der Waals surface area contributed by atoms with Gasteiger partial charge in [-0.3, -0.25) is 4.68 Å². The van der Waals surface area contributed by atoms with Crippen LogP contribution in [0.25, 0.3) is 0 Å². The van der Waals surface area contributed by atoms with Gasteiger partial charge in [0.05, 0.1) is 6.20 Å². The number of hydrogen-bond donors (Lipinski definition) is 1. The van der Waals surface area contributed by atoms with Crippen molar-refractivity contribution in [2.75, 3.05) is 12.8 Å². The van der Waals surface area contributed by atoms with Crippen LogP contribution in [0, 0.1) is 0 Å². The van der Waals surface area contributed by atoms with E-state index in [9.17, 15) is 8.42 Å². The van der Waals surface area contributed by atoms with Crippen molar-refractivity contribution in [2.24, 2.45) is 7.05 Å². The molecule has 1 rings (SSSR count). The van der Waals surface area contributed by atoms with E-state index in [2.05, 4.69) is 9.82 Å². The molecule has 0 aliphatic carbocycles. The van der Waals surface area contributed by atoms with Crippen molar-refractivity contribution in [3.63, 3.8) is 0 Å². The van der Waals surface area contributed by atoms with Crippen molar-refractivity contribution in [1.82, 2.24) is 14.5 Å². The van der Waals surface area contributed by atoms with Crippen molar-refractivity contribution in [3.05, 3.63) is 12.4 Å². The van der Waals surface area contributed by atoms with Crippen LogP contribution in [0.5, 0.6) is 0 Å². The van der Waals surface area contributed by atoms with Gasteiger partial charge in [-0.05, 0) is 6.26 Å². The van der Waals surface area contributed by atoms with Gasteiger partial charge in [0.2, 0.25) is 10.0 Å². The Balaban J connectivity index is 2.68. The molecule has 0 aromatic carbocycles. The molecular weight excluding hydrogens is 234 g/mol. The number of nitrogens with one attached hydrogen (secondary N) is 1. The summed E-state index contributed by atoms with van der Waals surface area (Å²) in [7, 11) is -1.71. The molecule has 1 atom stereocenters. The Kier molecular flexibility index (Phi) is 4.18. The molecule has 0 amide bonds. The van der Waals surface area contributed by atoms with Crippen molar-refractivity contribution >= 4 is 21.8 Å². The van der Waals surface area contributed by atoms with Crippen LogP contribution in [0.2, 0.25) is 0 Å². The minimum atomic E-state index is -3.39. The fourth-order valence-electron chi connectivity index (χ4n) is 0.931. The van der Waals surface area contributed by atoms with Gasteiger partial charge in [-0.25, -0.2) is 13.1 Å². The summed E-state index contributed by atoms with van der Waals surface area (Å²) in [5.41, 5.74) is 0. The molecule has 86 valence electrons. The predicted molar refractivity (Wildman–Crippen MR) is 61.4 cm³/mol. The Bertz CT molecular complexity index is 413. The molecule has 15 heavy (non-hydrogen) atoms. The quantitative estimate of drug-likeness (QED) is 0.823. The molecule has 5 nitrogen and oxygen atoms in total. The first-order valence-electron chi connectivity index (χ1n) is 4.47. The van der Waals surface area contributed by atoms with Crippen LogP contribution in [-0.2, 0) is 17.1 Å². The Morgan fingerprint density at radius 2 is 2.33 bits per heavy atom. The summed E-state index contributed by atoms with van der Waals surface area (Å²) in [5, 5.41) is 4.08. The summed E-state index contributed by atoms with van der Waals surface area (Å²) in [5.74, 6) is 0. The first kappa shape index (κ1) is 12.5. The van der Waals surface area contributed by atoms with Gasteiger partial charge >= 0.3 is 0 Å². The van der Waals surface area contributed by atoms with Crippen LogP contribution in [0.4, 0.5) is 0 Å². The van der Waals surface area contributed by atoms with E-state index >= 15 is 0 Å². The number of aromatic nitrogens is 2. The maximum atomic E-state index is 11.7. The highest BCUT2D eigenvalue weighted by Gasteiger charge is 2.16. The number of thioether (sulfide) groups is 1. The smallest absolute Gasteiger partial charge is 0.243 e. The third kappa shape index (κ3) is 3.51. The highest BCUT2D eigenvalue weighted by molar-refractivity contribution is 7.99. The fraction of sp³-hybridized carbons (Fsp3) is 0.625. The minimum Gasteiger partial charge on any atom is -0.274 e. The van der Waals surface area contributed by atoms with Crippen molar-refractivity contribution < 1.29 is 8.42 Å². The van der Waals surface area contributed by atoms with Gasteiger partial charge in [0.1, 0.15) is 4.90 Å². The van der Waals surface area contributed by atoms with Crippen molar-refractivity contribution in [1.29, 1.82) is 0 Å². The second-order valence-corrected chi connectivity index (χ2v) is 6.29. The Hall–Kier alpha value is -0.530. The first-order valence-corrected chi connectivity index (χ1v) is 7.24. The molecular formula is C8H15N3O2S2. The van der Waals surface area contributed by atoms with E-state index in [1.807, 2.05) is 13.2 Å². The summed E-state index contributed by atoms with van der Waals surface area (Å²) in [4.78, 5) is 0.207. The molecule has 0 bridgehead atoms. The van der Waals surface area contributed by atoms with Gasteiger partial charge in [0.25, 0.3) is 0 Å². The maximum absolute atomic E-state index is 11.7. The fourth-order valence-corrected chi connectivity index (χ4v) is 2.40. The molecule has 0 aliphatic heterocycles. The van der Waals surface area contributed by atoms with Gasteiger partial charge in [-0.1, -0.05) is 6.92 Å². The highest BCUT2D eigenvalue weighted by Crippen LogP contribution is 2.08. The number of hydrogen-bond acceptors (Lipinski definition) is 4. The molecule has 0 fully saturated rings. The van der Waals surface area contributed by atoms with Crippen LogP contribution in [-0.4, -0.2) is 36.2 Å². The lowest BCUT2D eigenvalue weighted by Gasteiger charge is -2.08. The third-order valence-corrected chi connectivity index (χ3v) is 4.30. The Labute approximate surface area is 94.3 Å². The third-order valence-electron chi connectivity index (χ3n) is 1.95. The van der Waals surface area contributed by atoms with E-state index < -0.39 is 10.0 Å². The summed E-state index contributed by atoms with van der Waals surface area (Å²) in [6.07, 6.45) is 4.77. The molecule has 1 unspecified atom stereocenters. The minimum absolute atomic E-state index is 0.207. The van der Waals surface area contributed by atoms with E-state index in [0.29, 0.717) is 6.54 Å². The van der Waals surface area contributed by atoms with E-state index in [1.165, 1.54) is 17.1 Å². The van der Waals surface area contributed by atoms with Crippen LogP contribution in [0.1, 0.15) is 6.92 Å². The lowest BCUT2D eigenvalue weighted by atomic mass is 10.5. The maximum Gasteiger partial charge on any atom is 0.243 e. The molecule has 0 spiro atoms. The molecule has 1 N–H and O–H groups in total. The lowest BCUT2D eigenvalue weighted by Crippen LogP contribution is -2.29. The average Bonchev–Trinajstić information content (AvgIpc) is 2.62. The molecule has 1 heterocycles.